The van der Waals surface area contributed by atoms with Gasteiger partial charge in [-0.1, -0.05) is 48.5 Å². The van der Waals surface area contributed by atoms with E-state index in [-0.39, 0.29) is 11.5 Å². The second-order valence-corrected chi connectivity index (χ2v) is 5.64. The normalized spacial score (nSPS) is 10.8. The predicted molar refractivity (Wildman–Crippen MR) is 95.9 cm³/mol. The quantitative estimate of drug-likeness (QED) is 0.513. The van der Waals surface area contributed by atoms with Gasteiger partial charge in [-0.2, -0.15) is 0 Å². The van der Waals surface area contributed by atoms with Crippen molar-refractivity contribution in [1.29, 1.82) is 0 Å². The van der Waals surface area contributed by atoms with E-state index in [1.807, 2.05) is 60.7 Å². The number of nitrogens with zero attached hydrogens (tertiary/aromatic N) is 1. The van der Waals surface area contributed by atoms with Crippen LogP contribution in [0.15, 0.2) is 78.9 Å². The number of pyridine rings is 1. The van der Waals surface area contributed by atoms with Gasteiger partial charge in [0.1, 0.15) is 11.5 Å². The summed E-state index contributed by atoms with van der Waals surface area (Å²) in [5.74, 6) is 0.189. The summed E-state index contributed by atoms with van der Waals surface area (Å²) >= 11 is 0. The first kappa shape index (κ1) is 14.3. The summed E-state index contributed by atoms with van der Waals surface area (Å²) in [5.41, 5.74) is 4.10. The molecule has 0 fully saturated rings. The van der Waals surface area contributed by atoms with Crippen LogP contribution in [0.4, 0.5) is 0 Å². The Hall–Kier alpha value is -3.33. The average Bonchev–Trinajstić information content (AvgIpc) is 2.63. The van der Waals surface area contributed by atoms with Crippen molar-refractivity contribution in [2.24, 2.45) is 0 Å². The number of phenolic OH excluding ortho intramolecular Hbond substituents is 2. The third kappa shape index (κ3) is 2.46. The lowest BCUT2D eigenvalue weighted by Gasteiger charge is -2.11. The highest BCUT2D eigenvalue weighted by Gasteiger charge is 2.12. The number of aromatic hydroxyl groups is 2. The topological polar surface area (TPSA) is 53.4 Å². The van der Waals surface area contributed by atoms with Crippen LogP contribution in [0.2, 0.25) is 0 Å². The summed E-state index contributed by atoms with van der Waals surface area (Å²) in [7, 11) is 0. The second kappa shape index (κ2) is 5.70. The van der Waals surface area contributed by atoms with Gasteiger partial charge in [0, 0.05) is 10.9 Å². The van der Waals surface area contributed by atoms with Crippen LogP contribution in [0.5, 0.6) is 11.5 Å². The van der Waals surface area contributed by atoms with Gasteiger partial charge in [-0.05, 0) is 41.5 Å². The van der Waals surface area contributed by atoms with E-state index in [1.54, 1.807) is 0 Å². The van der Waals surface area contributed by atoms with Crippen molar-refractivity contribution in [3.8, 4) is 33.9 Å². The van der Waals surface area contributed by atoms with Crippen LogP contribution in [-0.4, -0.2) is 15.2 Å². The molecule has 3 heteroatoms. The van der Waals surface area contributed by atoms with Gasteiger partial charge in [0.15, 0.2) is 0 Å². The number of fused-ring (bicyclic) bond motifs is 1. The molecule has 0 aliphatic heterocycles. The summed E-state index contributed by atoms with van der Waals surface area (Å²) in [5, 5.41) is 21.0. The molecule has 0 bridgehead atoms. The van der Waals surface area contributed by atoms with E-state index in [0.29, 0.717) is 11.3 Å². The van der Waals surface area contributed by atoms with Crippen LogP contribution in [0.25, 0.3) is 33.3 Å². The lowest BCUT2D eigenvalue weighted by Crippen LogP contribution is -1.90. The van der Waals surface area contributed by atoms with E-state index in [2.05, 4.69) is 4.98 Å². The van der Waals surface area contributed by atoms with Crippen molar-refractivity contribution in [3.63, 3.8) is 0 Å². The summed E-state index contributed by atoms with van der Waals surface area (Å²) in [4.78, 5) is 4.66. The van der Waals surface area contributed by atoms with Crippen LogP contribution in [0, 0.1) is 0 Å². The molecule has 0 saturated carbocycles. The fourth-order valence-corrected chi connectivity index (χ4v) is 2.90. The number of para-hydroxylation sites is 1. The number of phenols is 2. The minimum atomic E-state index is 0.0922. The Morgan fingerprint density at radius 1 is 0.667 bits per heavy atom. The molecule has 1 aromatic heterocycles. The van der Waals surface area contributed by atoms with Crippen LogP contribution >= 0.6 is 0 Å². The van der Waals surface area contributed by atoms with Gasteiger partial charge >= 0.3 is 0 Å². The number of hydrogen-bond donors (Lipinski definition) is 2. The molecule has 4 aromatic rings. The van der Waals surface area contributed by atoms with Crippen LogP contribution in [0.1, 0.15) is 0 Å². The molecule has 0 aliphatic carbocycles. The molecule has 116 valence electrons. The van der Waals surface area contributed by atoms with Gasteiger partial charge in [-0.3, -0.25) is 0 Å². The Morgan fingerprint density at radius 2 is 1.42 bits per heavy atom. The minimum absolute atomic E-state index is 0.0922. The summed E-state index contributed by atoms with van der Waals surface area (Å²) < 4.78 is 0. The summed E-state index contributed by atoms with van der Waals surface area (Å²) in [6.45, 7) is 0. The molecular weight excluding hydrogens is 298 g/mol. The number of benzene rings is 3. The van der Waals surface area contributed by atoms with E-state index in [1.165, 1.54) is 18.2 Å². The molecule has 0 atom stereocenters. The maximum absolute atomic E-state index is 10.2. The minimum Gasteiger partial charge on any atom is -0.508 e. The van der Waals surface area contributed by atoms with Crippen LogP contribution in [0.3, 0.4) is 0 Å². The molecule has 0 unspecified atom stereocenters. The van der Waals surface area contributed by atoms with Gasteiger partial charge in [0.2, 0.25) is 0 Å². The highest BCUT2D eigenvalue weighted by atomic mass is 16.3. The Labute approximate surface area is 139 Å². The van der Waals surface area contributed by atoms with Crippen LogP contribution < -0.4 is 0 Å². The summed E-state index contributed by atoms with van der Waals surface area (Å²) in [6, 6.07) is 24.4. The highest BCUT2D eigenvalue weighted by molar-refractivity contribution is 5.97. The molecule has 0 saturated heterocycles. The molecular formula is C21H15NO2. The molecule has 3 nitrogen and oxygen atoms in total. The van der Waals surface area contributed by atoms with E-state index in [9.17, 15) is 10.2 Å². The zero-order valence-electron chi connectivity index (χ0n) is 12.8. The van der Waals surface area contributed by atoms with Crippen molar-refractivity contribution in [1.82, 2.24) is 4.98 Å². The molecule has 24 heavy (non-hydrogen) atoms. The van der Waals surface area contributed by atoms with E-state index < -0.39 is 0 Å². The van der Waals surface area contributed by atoms with E-state index in [0.717, 1.165) is 22.0 Å². The Morgan fingerprint density at radius 3 is 2.25 bits per heavy atom. The molecule has 3 aromatic carbocycles. The maximum atomic E-state index is 10.2. The average molecular weight is 313 g/mol. The first-order chi connectivity index (χ1) is 11.7. The molecule has 4 rings (SSSR count). The molecule has 2 N–H and O–H groups in total. The van der Waals surface area contributed by atoms with Gasteiger partial charge in [-0.25, -0.2) is 4.98 Å². The fraction of sp³-hybridized carbons (Fsp3) is 0. The van der Waals surface area contributed by atoms with Gasteiger partial charge in [0.05, 0.1) is 11.2 Å². The number of aromatic nitrogens is 1. The third-order valence-electron chi connectivity index (χ3n) is 4.06. The highest BCUT2D eigenvalue weighted by Crippen LogP contribution is 2.36. The Bertz CT molecular complexity index is 1030. The van der Waals surface area contributed by atoms with Crippen molar-refractivity contribution >= 4 is 10.9 Å². The van der Waals surface area contributed by atoms with Crippen molar-refractivity contribution < 1.29 is 10.2 Å². The molecule has 0 spiro atoms. The maximum Gasteiger partial charge on any atom is 0.125 e. The lowest BCUT2D eigenvalue weighted by molar-refractivity contribution is 0.461. The zero-order valence-corrected chi connectivity index (χ0v) is 12.8. The summed E-state index contributed by atoms with van der Waals surface area (Å²) in [6.07, 6.45) is 0. The molecule has 0 aliphatic rings. The molecule has 0 radical (unpaired) electrons. The third-order valence-corrected chi connectivity index (χ3v) is 4.06. The first-order valence-electron chi connectivity index (χ1n) is 7.70. The Kier molecular flexibility index (Phi) is 3.39. The molecule has 0 amide bonds. The number of rotatable bonds is 2. The fourth-order valence-electron chi connectivity index (χ4n) is 2.90. The Balaban J connectivity index is 2.03. The van der Waals surface area contributed by atoms with Gasteiger partial charge in [-0.15, -0.1) is 0 Å². The van der Waals surface area contributed by atoms with Crippen molar-refractivity contribution in [2.45, 2.75) is 0 Å². The van der Waals surface area contributed by atoms with Gasteiger partial charge in [0.25, 0.3) is 0 Å². The van der Waals surface area contributed by atoms with Crippen molar-refractivity contribution in [3.05, 3.63) is 78.9 Å². The second-order valence-electron chi connectivity index (χ2n) is 5.64. The monoisotopic (exact) mass is 313 g/mol. The smallest absolute Gasteiger partial charge is 0.125 e. The molecule has 1 heterocycles. The van der Waals surface area contributed by atoms with Crippen molar-refractivity contribution in [2.75, 3.05) is 0 Å². The number of hydrogen-bond acceptors (Lipinski definition) is 3. The lowest BCUT2D eigenvalue weighted by atomic mass is 9.98. The SMILES string of the molecule is Oc1ccc(O)c(-c2cc(-c3ccccc3)c3ccccc3n2)c1. The van der Waals surface area contributed by atoms with Gasteiger partial charge < -0.3 is 10.2 Å². The van der Waals surface area contributed by atoms with E-state index in [4.69, 9.17) is 0 Å². The zero-order chi connectivity index (χ0) is 16.5. The predicted octanol–water partition coefficient (Wildman–Crippen LogP) is 4.98. The standard InChI is InChI=1S/C21H15NO2/c23-15-10-11-21(24)18(12-15)20-13-17(14-6-2-1-3-7-14)16-8-4-5-9-19(16)22-20/h1-13,23-24H. The van der Waals surface area contributed by atoms with Crippen LogP contribution in [-0.2, 0) is 0 Å². The first-order valence-corrected chi connectivity index (χ1v) is 7.70. The van der Waals surface area contributed by atoms with E-state index >= 15 is 0 Å². The largest absolute Gasteiger partial charge is 0.508 e.